The minimum absolute atomic E-state index is 0.279. The Kier molecular flexibility index (Phi) is 15.0. The van der Waals surface area contributed by atoms with Crippen molar-refractivity contribution < 1.29 is 9.22 Å². The van der Waals surface area contributed by atoms with Crippen LogP contribution >= 0.6 is 0 Å². The Morgan fingerprint density at radius 2 is 1.04 bits per heavy atom. The average molecular weight is 342 g/mol. The van der Waals surface area contributed by atoms with Crippen molar-refractivity contribution >= 4 is 14.3 Å². The molecule has 0 rings (SSSR count). The zero-order valence-corrected chi connectivity index (χ0v) is 17.1. The van der Waals surface area contributed by atoms with Crippen molar-refractivity contribution in [2.24, 2.45) is 0 Å². The van der Waals surface area contributed by atoms with Crippen LogP contribution in [0.1, 0.15) is 97.8 Å². The Hall–Kier alpha value is -0.313. The van der Waals surface area contributed by atoms with Crippen LogP contribution in [0.2, 0.25) is 18.1 Å². The number of hydrogen-bond acceptors (Lipinski definition) is 2. The van der Waals surface area contributed by atoms with Crippen LogP contribution in [0.25, 0.3) is 0 Å². The predicted octanol–water partition coefficient (Wildman–Crippen LogP) is 7.05. The molecule has 0 unspecified atom stereocenters. The molecule has 0 fully saturated rings. The molecule has 0 aromatic heterocycles. The van der Waals surface area contributed by atoms with Gasteiger partial charge in [0, 0.05) is 0 Å². The molecule has 0 heterocycles. The molecule has 2 nitrogen and oxygen atoms in total. The molecule has 0 amide bonds. The highest BCUT2D eigenvalue weighted by Crippen LogP contribution is 2.31. The van der Waals surface area contributed by atoms with E-state index in [-0.39, 0.29) is 5.97 Å². The summed E-state index contributed by atoms with van der Waals surface area (Å²) in [7, 11) is -1.92. The van der Waals surface area contributed by atoms with Crippen molar-refractivity contribution in [1.29, 1.82) is 0 Å². The molecule has 3 heteroatoms. The van der Waals surface area contributed by atoms with Crippen molar-refractivity contribution in [3.63, 3.8) is 0 Å². The summed E-state index contributed by atoms with van der Waals surface area (Å²) in [5.41, 5.74) is 0. The van der Waals surface area contributed by atoms with Crippen molar-refractivity contribution in [3.8, 4) is 0 Å². The molecule has 0 bridgehead atoms. The topological polar surface area (TPSA) is 26.3 Å². The highest BCUT2D eigenvalue weighted by atomic mass is 28.4. The van der Waals surface area contributed by atoms with E-state index in [0.717, 1.165) is 18.1 Å². The van der Waals surface area contributed by atoms with Gasteiger partial charge in [-0.25, -0.2) is 0 Å². The zero-order chi connectivity index (χ0) is 17.4. The first-order valence-electron chi connectivity index (χ1n) is 10.1. The maximum absolute atomic E-state index is 11.6. The number of hydrogen-bond donors (Lipinski definition) is 0. The fourth-order valence-electron chi connectivity index (χ4n) is 3.39. The average Bonchev–Trinajstić information content (AvgIpc) is 2.52. The second-order valence-electron chi connectivity index (χ2n) is 7.09. The molecule has 0 aliphatic heterocycles. The number of unbranched alkanes of at least 4 members (excludes halogenated alkanes) is 9. The molecule has 0 aliphatic carbocycles. The van der Waals surface area contributed by atoms with Crippen LogP contribution in [0.15, 0.2) is 0 Å². The summed E-state index contributed by atoms with van der Waals surface area (Å²) in [6, 6.07) is 3.48. The second kappa shape index (κ2) is 15.2. The van der Waals surface area contributed by atoms with Gasteiger partial charge in [-0.15, -0.1) is 0 Å². The van der Waals surface area contributed by atoms with Crippen molar-refractivity contribution in [2.75, 3.05) is 0 Å². The second-order valence-corrected chi connectivity index (χ2v) is 11.2. The van der Waals surface area contributed by atoms with Gasteiger partial charge in [-0.3, -0.25) is 4.79 Å². The molecule has 0 spiro atoms. The lowest BCUT2D eigenvalue weighted by Crippen LogP contribution is -2.39. The Morgan fingerprint density at radius 1 is 0.696 bits per heavy atom. The smallest absolute Gasteiger partial charge is 0.293 e. The van der Waals surface area contributed by atoms with Gasteiger partial charge in [-0.1, -0.05) is 97.8 Å². The molecular formula is C20H41O2Si. The normalized spacial score (nSPS) is 11.7. The molecule has 1 radical (unpaired) electrons. The molecule has 0 aromatic carbocycles. The van der Waals surface area contributed by atoms with Gasteiger partial charge in [0.25, 0.3) is 14.3 Å². The Balaban J connectivity index is 4.61. The fraction of sp³-hybridized carbons (Fsp3) is 0.900. The van der Waals surface area contributed by atoms with E-state index >= 15 is 0 Å². The first-order valence-corrected chi connectivity index (χ1v) is 12.7. The van der Waals surface area contributed by atoms with E-state index < -0.39 is 8.32 Å². The molecule has 23 heavy (non-hydrogen) atoms. The summed E-state index contributed by atoms with van der Waals surface area (Å²) in [6.07, 6.45) is 15.2. The van der Waals surface area contributed by atoms with Gasteiger partial charge in [0.05, 0.1) is 6.92 Å². The number of carbonyl (C=O) groups is 1. The summed E-state index contributed by atoms with van der Waals surface area (Å²) >= 11 is 0. The summed E-state index contributed by atoms with van der Waals surface area (Å²) in [6.45, 7) is 10.3. The molecule has 137 valence electrons. The first kappa shape index (κ1) is 22.7. The Labute approximate surface area is 146 Å². The molecule has 0 N–H and O–H groups in total. The van der Waals surface area contributed by atoms with Gasteiger partial charge in [0.1, 0.15) is 0 Å². The fourth-order valence-corrected chi connectivity index (χ4v) is 7.61. The monoisotopic (exact) mass is 341 g/mol. The molecule has 0 saturated carbocycles. The van der Waals surface area contributed by atoms with Gasteiger partial charge in [0.2, 0.25) is 0 Å². The third kappa shape index (κ3) is 12.7. The molecule has 0 saturated heterocycles. The van der Waals surface area contributed by atoms with Gasteiger partial charge < -0.3 is 4.43 Å². The van der Waals surface area contributed by atoms with Crippen LogP contribution in [-0.2, 0) is 9.22 Å². The maximum Gasteiger partial charge on any atom is 0.293 e. The van der Waals surface area contributed by atoms with Crippen LogP contribution in [0.4, 0.5) is 0 Å². The van der Waals surface area contributed by atoms with E-state index in [9.17, 15) is 4.79 Å². The third-order valence-corrected chi connectivity index (χ3v) is 9.24. The van der Waals surface area contributed by atoms with Crippen molar-refractivity contribution in [3.05, 3.63) is 6.92 Å². The van der Waals surface area contributed by atoms with Gasteiger partial charge in [0.15, 0.2) is 0 Å². The first-order chi connectivity index (χ1) is 11.1. The van der Waals surface area contributed by atoms with E-state index in [1.807, 2.05) is 0 Å². The number of carbonyl (C=O) groups excluding carboxylic acids is 1. The van der Waals surface area contributed by atoms with Crippen molar-refractivity contribution in [2.45, 2.75) is 116 Å². The Morgan fingerprint density at radius 3 is 1.30 bits per heavy atom. The maximum atomic E-state index is 11.6. The molecule has 0 aliphatic rings. The molecule has 0 atom stereocenters. The Bertz CT molecular complexity index is 248. The highest BCUT2D eigenvalue weighted by Gasteiger charge is 2.36. The van der Waals surface area contributed by atoms with Crippen LogP contribution in [0, 0.1) is 6.92 Å². The summed E-state index contributed by atoms with van der Waals surface area (Å²) in [4.78, 5) is 11.6. The van der Waals surface area contributed by atoms with E-state index in [1.165, 1.54) is 77.0 Å². The molecule has 0 aromatic rings. The summed E-state index contributed by atoms with van der Waals surface area (Å²) in [5.74, 6) is -0.279. The molecular weight excluding hydrogens is 300 g/mol. The van der Waals surface area contributed by atoms with Gasteiger partial charge in [-0.05, 0) is 18.1 Å². The lowest BCUT2D eigenvalue weighted by Gasteiger charge is -2.31. The van der Waals surface area contributed by atoms with Gasteiger partial charge in [-0.2, -0.15) is 0 Å². The predicted molar refractivity (Wildman–Crippen MR) is 104 cm³/mol. The standard InChI is InChI=1S/C20H41O2Si/c1-5-8-11-14-17-23(22-20(4)21,18-15-12-9-6-2)19-16-13-10-7-3/h4-19H2,1-3H3. The summed E-state index contributed by atoms with van der Waals surface area (Å²) < 4.78 is 5.97. The van der Waals surface area contributed by atoms with E-state index in [0.29, 0.717) is 0 Å². The largest absolute Gasteiger partial charge is 0.519 e. The zero-order valence-electron chi connectivity index (χ0n) is 16.1. The lowest BCUT2D eigenvalue weighted by atomic mass is 10.2. The van der Waals surface area contributed by atoms with Crippen LogP contribution < -0.4 is 0 Å². The lowest BCUT2D eigenvalue weighted by molar-refractivity contribution is -0.130. The summed E-state index contributed by atoms with van der Waals surface area (Å²) in [5, 5.41) is 0. The van der Waals surface area contributed by atoms with Crippen LogP contribution in [0.5, 0.6) is 0 Å². The minimum atomic E-state index is -1.92. The van der Waals surface area contributed by atoms with Crippen LogP contribution in [0.3, 0.4) is 0 Å². The van der Waals surface area contributed by atoms with E-state index in [2.05, 4.69) is 27.7 Å². The minimum Gasteiger partial charge on any atom is -0.519 e. The number of rotatable bonds is 16. The van der Waals surface area contributed by atoms with Gasteiger partial charge >= 0.3 is 0 Å². The van der Waals surface area contributed by atoms with E-state index in [4.69, 9.17) is 4.43 Å². The SMILES string of the molecule is [CH2]C(=O)O[Si](CCCCCC)(CCCCCC)CCCCCC. The highest BCUT2D eigenvalue weighted by molar-refractivity contribution is 6.75. The van der Waals surface area contributed by atoms with E-state index in [1.54, 1.807) is 0 Å². The van der Waals surface area contributed by atoms with Crippen molar-refractivity contribution in [1.82, 2.24) is 0 Å². The quantitative estimate of drug-likeness (QED) is 0.222. The van der Waals surface area contributed by atoms with Crippen LogP contribution in [-0.4, -0.2) is 14.3 Å². The third-order valence-electron chi connectivity index (χ3n) is 4.79.